The molecule has 1 aliphatic rings. The van der Waals surface area contributed by atoms with E-state index in [2.05, 4.69) is 10.00 Å². The Kier molecular flexibility index (Phi) is 5.97. The molecular weight excluding hydrogens is 458 g/mol. The molecule has 1 aromatic heterocycles. The number of nitro groups is 1. The number of hydrogen-bond acceptors (Lipinski definition) is 6. The second-order valence-corrected chi connectivity index (χ2v) is 8.90. The zero-order valence-corrected chi connectivity index (χ0v) is 20.0. The topological polar surface area (TPSA) is 102 Å². The van der Waals surface area contributed by atoms with E-state index in [1.165, 1.54) is 6.07 Å². The molecule has 0 radical (unpaired) electrons. The Morgan fingerprint density at radius 1 is 0.944 bits per heavy atom. The summed E-state index contributed by atoms with van der Waals surface area (Å²) in [4.78, 5) is 40.6. The first-order chi connectivity index (χ1) is 17.3. The van der Waals surface area contributed by atoms with E-state index in [-0.39, 0.29) is 17.3 Å². The van der Waals surface area contributed by atoms with Gasteiger partial charge >= 0.3 is 0 Å². The molecule has 9 nitrogen and oxygen atoms in total. The van der Waals surface area contributed by atoms with Crippen molar-refractivity contribution in [3.63, 3.8) is 0 Å². The quantitative estimate of drug-likeness (QED) is 0.322. The van der Waals surface area contributed by atoms with Gasteiger partial charge in [-0.05, 0) is 25.1 Å². The van der Waals surface area contributed by atoms with E-state index >= 15 is 0 Å². The van der Waals surface area contributed by atoms with E-state index in [4.69, 9.17) is 0 Å². The number of piperazine rings is 1. The van der Waals surface area contributed by atoms with Gasteiger partial charge in [-0.15, -0.1) is 0 Å². The molecule has 1 saturated heterocycles. The van der Waals surface area contributed by atoms with Gasteiger partial charge < -0.3 is 9.80 Å². The van der Waals surface area contributed by atoms with E-state index < -0.39 is 10.5 Å². The molecule has 1 fully saturated rings. The lowest BCUT2D eigenvalue weighted by Crippen LogP contribution is -2.48. The molecule has 4 aromatic rings. The third-order valence-electron chi connectivity index (χ3n) is 6.60. The summed E-state index contributed by atoms with van der Waals surface area (Å²) in [5.74, 6) is 0.0228. The molecule has 36 heavy (non-hydrogen) atoms. The van der Waals surface area contributed by atoms with Crippen molar-refractivity contribution in [3.8, 4) is 16.9 Å². The summed E-state index contributed by atoms with van der Waals surface area (Å²) in [6, 6.07) is 19.7. The number of anilines is 1. The summed E-state index contributed by atoms with van der Waals surface area (Å²) in [7, 11) is 0. The van der Waals surface area contributed by atoms with Crippen LogP contribution in [0, 0.1) is 17.0 Å². The number of rotatable bonds is 4. The van der Waals surface area contributed by atoms with Gasteiger partial charge in [-0.2, -0.15) is 9.78 Å². The van der Waals surface area contributed by atoms with Crippen LogP contribution in [0.3, 0.4) is 0 Å². The fraction of sp³-hybridized carbons (Fsp3) is 0.222. The Labute approximate surface area is 207 Å². The van der Waals surface area contributed by atoms with Gasteiger partial charge in [-0.1, -0.05) is 48.0 Å². The monoisotopic (exact) mass is 483 g/mol. The standard InChI is InChI=1S/C27H25N5O4/c1-18-7-9-20(10-8-18)26-22-5-3-4-6-23(22)27(34)31(28-26)25-17-21(11-12-24(25)32(35)36)30-15-13-29(14-16-30)19(2)33/h3-12,17H,13-16H2,1-2H3. The van der Waals surface area contributed by atoms with Crippen LogP contribution in [0.2, 0.25) is 0 Å². The molecule has 9 heteroatoms. The lowest BCUT2D eigenvalue weighted by atomic mass is 10.0. The Hall–Kier alpha value is -4.53. The number of benzene rings is 3. The molecule has 5 rings (SSSR count). The first-order valence-corrected chi connectivity index (χ1v) is 11.7. The average Bonchev–Trinajstić information content (AvgIpc) is 2.89. The maximum Gasteiger partial charge on any atom is 0.295 e. The molecule has 3 aromatic carbocycles. The van der Waals surface area contributed by atoms with Crippen LogP contribution in [0.1, 0.15) is 12.5 Å². The third-order valence-corrected chi connectivity index (χ3v) is 6.60. The van der Waals surface area contributed by atoms with Gasteiger partial charge in [-0.3, -0.25) is 19.7 Å². The highest BCUT2D eigenvalue weighted by Crippen LogP contribution is 2.30. The zero-order valence-electron chi connectivity index (χ0n) is 20.0. The summed E-state index contributed by atoms with van der Waals surface area (Å²) in [6.07, 6.45) is 0. The fourth-order valence-corrected chi connectivity index (χ4v) is 4.59. The molecule has 1 aliphatic heterocycles. The smallest absolute Gasteiger partial charge is 0.295 e. The second-order valence-electron chi connectivity index (χ2n) is 8.90. The number of carbonyl (C=O) groups is 1. The van der Waals surface area contributed by atoms with Crippen LogP contribution in [0.25, 0.3) is 27.7 Å². The van der Waals surface area contributed by atoms with Crippen molar-refractivity contribution < 1.29 is 9.72 Å². The van der Waals surface area contributed by atoms with Crippen LogP contribution >= 0.6 is 0 Å². The molecule has 0 unspecified atom stereocenters. The van der Waals surface area contributed by atoms with Gasteiger partial charge in [0.05, 0.1) is 16.0 Å². The summed E-state index contributed by atoms with van der Waals surface area (Å²) in [6.45, 7) is 5.84. The number of fused-ring (bicyclic) bond motifs is 1. The van der Waals surface area contributed by atoms with Crippen molar-refractivity contribution in [2.45, 2.75) is 13.8 Å². The fourth-order valence-electron chi connectivity index (χ4n) is 4.59. The molecule has 0 aliphatic carbocycles. The van der Waals surface area contributed by atoms with Crippen molar-refractivity contribution in [3.05, 3.63) is 92.8 Å². The molecule has 0 spiro atoms. The first-order valence-electron chi connectivity index (χ1n) is 11.7. The minimum Gasteiger partial charge on any atom is -0.368 e. The normalized spacial score (nSPS) is 13.7. The van der Waals surface area contributed by atoms with E-state index in [0.29, 0.717) is 42.6 Å². The van der Waals surface area contributed by atoms with E-state index in [1.54, 1.807) is 36.1 Å². The van der Waals surface area contributed by atoms with E-state index in [0.717, 1.165) is 21.5 Å². The van der Waals surface area contributed by atoms with Crippen LogP contribution in [0.15, 0.2) is 71.5 Å². The Balaban J connectivity index is 1.68. The minimum atomic E-state index is -0.498. The number of nitro benzene ring substituents is 1. The van der Waals surface area contributed by atoms with Crippen LogP contribution in [-0.4, -0.2) is 51.7 Å². The van der Waals surface area contributed by atoms with Crippen molar-refractivity contribution in [2.75, 3.05) is 31.1 Å². The number of aromatic nitrogens is 2. The van der Waals surface area contributed by atoms with Gasteiger partial charge in [0.15, 0.2) is 0 Å². The first kappa shape index (κ1) is 23.2. The molecule has 0 atom stereocenters. The third kappa shape index (κ3) is 4.19. The maximum absolute atomic E-state index is 13.6. The molecule has 0 saturated carbocycles. The molecular formula is C27H25N5O4. The molecule has 0 bridgehead atoms. The Morgan fingerprint density at radius 3 is 2.25 bits per heavy atom. The van der Waals surface area contributed by atoms with Crippen molar-refractivity contribution in [1.29, 1.82) is 0 Å². The van der Waals surface area contributed by atoms with E-state index in [9.17, 15) is 19.7 Å². The van der Waals surface area contributed by atoms with Crippen LogP contribution in [-0.2, 0) is 4.79 Å². The lowest BCUT2D eigenvalue weighted by Gasteiger charge is -2.35. The van der Waals surface area contributed by atoms with Gasteiger partial charge in [0, 0.05) is 55.8 Å². The van der Waals surface area contributed by atoms with Crippen LogP contribution in [0.4, 0.5) is 11.4 Å². The number of hydrogen-bond donors (Lipinski definition) is 0. The SMILES string of the molecule is CC(=O)N1CCN(c2ccc([N+](=O)[O-])c(-n3nc(-c4ccc(C)cc4)c4ccccc4c3=O)c2)CC1. The summed E-state index contributed by atoms with van der Waals surface area (Å²) in [5.41, 5.74) is 2.67. The highest BCUT2D eigenvalue weighted by molar-refractivity contribution is 5.94. The Morgan fingerprint density at radius 2 is 1.61 bits per heavy atom. The van der Waals surface area contributed by atoms with Crippen molar-refractivity contribution in [2.24, 2.45) is 0 Å². The highest BCUT2D eigenvalue weighted by atomic mass is 16.6. The summed E-state index contributed by atoms with van der Waals surface area (Å²) in [5, 5.41) is 17.7. The largest absolute Gasteiger partial charge is 0.368 e. The number of carbonyl (C=O) groups excluding carboxylic acids is 1. The predicted octanol–water partition coefficient (Wildman–Crippen LogP) is 3.94. The number of amides is 1. The van der Waals surface area contributed by atoms with Crippen LogP contribution in [0.5, 0.6) is 0 Å². The van der Waals surface area contributed by atoms with Crippen molar-refractivity contribution in [1.82, 2.24) is 14.7 Å². The Bertz CT molecular complexity index is 1540. The number of nitrogens with zero attached hydrogens (tertiary/aromatic N) is 5. The zero-order chi connectivity index (χ0) is 25.4. The molecule has 0 N–H and O–H groups in total. The van der Waals surface area contributed by atoms with Gasteiger partial charge in [0.25, 0.3) is 11.2 Å². The highest BCUT2D eigenvalue weighted by Gasteiger charge is 2.24. The molecule has 1 amide bonds. The second kappa shape index (κ2) is 9.26. The van der Waals surface area contributed by atoms with Crippen molar-refractivity contribution >= 4 is 28.1 Å². The maximum atomic E-state index is 13.6. The summed E-state index contributed by atoms with van der Waals surface area (Å²) < 4.78 is 1.14. The van der Waals surface area contributed by atoms with Crippen LogP contribution < -0.4 is 10.5 Å². The van der Waals surface area contributed by atoms with Gasteiger partial charge in [-0.25, -0.2) is 0 Å². The number of aryl methyl sites for hydroxylation is 1. The molecule has 2 heterocycles. The summed E-state index contributed by atoms with van der Waals surface area (Å²) >= 11 is 0. The van der Waals surface area contributed by atoms with Gasteiger partial charge in [0.2, 0.25) is 5.91 Å². The average molecular weight is 484 g/mol. The van der Waals surface area contributed by atoms with E-state index in [1.807, 2.05) is 43.3 Å². The predicted molar refractivity (Wildman–Crippen MR) is 139 cm³/mol. The molecule has 182 valence electrons. The lowest BCUT2D eigenvalue weighted by molar-refractivity contribution is -0.384. The minimum absolute atomic E-state index is 0.0228. The van der Waals surface area contributed by atoms with Gasteiger partial charge in [0.1, 0.15) is 5.69 Å².